The molecule has 1 unspecified atom stereocenters. The monoisotopic (exact) mass is 499 g/mol. The van der Waals surface area contributed by atoms with E-state index in [-0.39, 0.29) is 13.0 Å². The van der Waals surface area contributed by atoms with Crippen molar-refractivity contribution in [3.63, 3.8) is 0 Å². The van der Waals surface area contributed by atoms with Crippen LogP contribution >= 0.6 is 11.3 Å². The van der Waals surface area contributed by atoms with Crippen LogP contribution in [-0.2, 0) is 21.4 Å². The van der Waals surface area contributed by atoms with Crippen molar-refractivity contribution >= 4 is 27.3 Å². The molecule has 3 rings (SSSR count). The van der Waals surface area contributed by atoms with E-state index in [2.05, 4.69) is 16.5 Å². The zero-order chi connectivity index (χ0) is 24.4. The fourth-order valence-corrected chi connectivity index (χ4v) is 6.08. The van der Waals surface area contributed by atoms with E-state index >= 15 is 0 Å². The van der Waals surface area contributed by atoms with Crippen LogP contribution in [0.1, 0.15) is 48.5 Å². The molecule has 0 saturated heterocycles. The molecule has 1 aromatic carbocycles. The van der Waals surface area contributed by atoms with Gasteiger partial charge >= 0.3 is 5.97 Å². The zero-order valence-corrected chi connectivity index (χ0v) is 20.5. The molecule has 0 saturated carbocycles. The van der Waals surface area contributed by atoms with E-state index in [1.165, 1.54) is 10.4 Å². The molecule has 9 heteroatoms. The van der Waals surface area contributed by atoms with Crippen LogP contribution in [0, 0.1) is 0 Å². The molecule has 0 spiro atoms. The lowest BCUT2D eigenvalue weighted by atomic mass is 10.1. The Balaban J connectivity index is 1.76. The lowest BCUT2D eigenvalue weighted by molar-refractivity contribution is -0.137. The maximum absolute atomic E-state index is 13.7. The highest BCUT2D eigenvalue weighted by molar-refractivity contribution is 7.89. The summed E-state index contributed by atoms with van der Waals surface area (Å²) in [6, 6.07) is 11.2. The molecule has 0 aliphatic carbocycles. The number of hydrogen-bond donors (Lipinski definition) is 1. The average Bonchev–Trinajstić information content (AvgIpc) is 3.37. The number of pyridine rings is 1. The molecule has 0 aliphatic rings. The van der Waals surface area contributed by atoms with E-state index in [1.54, 1.807) is 42.1 Å². The van der Waals surface area contributed by atoms with Gasteiger partial charge in [-0.25, -0.2) is 13.4 Å². The lowest BCUT2D eigenvalue weighted by Gasteiger charge is -2.26. The van der Waals surface area contributed by atoms with Crippen molar-refractivity contribution in [2.24, 2.45) is 0 Å². The van der Waals surface area contributed by atoms with Gasteiger partial charge < -0.3 is 5.11 Å². The second-order valence-electron chi connectivity index (χ2n) is 7.91. The van der Waals surface area contributed by atoms with Gasteiger partial charge in [0.1, 0.15) is 10.3 Å². The molecule has 180 valence electrons. The molecule has 1 N–H and O–H groups in total. The minimum absolute atomic E-state index is 0.132. The minimum atomic E-state index is -3.75. The Labute approximate surface area is 204 Å². The van der Waals surface area contributed by atoms with Crippen LogP contribution in [0.2, 0.25) is 0 Å². The normalized spacial score (nSPS) is 12.5. The molecule has 0 amide bonds. The number of unbranched alkanes of at least 4 members (excludes halogenated alkanes) is 3. The Morgan fingerprint density at radius 3 is 2.50 bits per heavy atom. The van der Waals surface area contributed by atoms with Gasteiger partial charge in [-0.1, -0.05) is 49.2 Å². The number of aliphatic carboxylic acids is 1. The third kappa shape index (κ3) is 7.06. The summed E-state index contributed by atoms with van der Waals surface area (Å²) in [6.07, 6.45) is 9.23. The van der Waals surface area contributed by atoms with Gasteiger partial charge in [0.2, 0.25) is 10.0 Å². The molecule has 0 bridgehead atoms. The summed E-state index contributed by atoms with van der Waals surface area (Å²) in [5.41, 5.74) is 2.44. The van der Waals surface area contributed by atoms with Gasteiger partial charge in [-0.2, -0.15) is 4.31 Å². The Morgan fingerprint density at radius 1 is 1.12 bits per heavy atom. The number of rotatable bonds is 14. The van der Waals surface area contributed by atoms with Crippen molar-refractivity contribution in [2.75, 3.05) is 6.54 Å². The van der Waals surface area contributed by atoms with Crippen molar-refractivity contribution in [3.05, 3.63) is 84.2 Å². The van der Waals surface area contributed by atoms with Crippen LogP contribution in [0.4, 0.5) is 0 Å². The number of carboxylic acids is 1. The molecule has 3 aromatic rings. The number of carboxylic acid groups (broad SMARTS) is 1. The number of nitrogens with zero attached hydrogens (tertiary/aromatic N) is 3. The fraction of sp³-hybridized carbons (Fsp3) is 0.320. The first-order valence-electron chi connectivity index (χ1n) is 11.1. The van der Waals surface area contributed by atoms with Gasteiger partial charge in [0.05, 0.1) is 0 Å². The molecule has 0 fully saturated rings. The van der Waals surface area contributed by atoms with Gasteiger partial charge in [-0.15, -0.1) is 17.9 Å². The third-order valence-electron chi connectivity index (χ3n) is 5.45. The van der Waals surface area contributed by atoms with E-state index in [0.717, 1.165) is 29.0 Å². The maximum Gasteiger partial charge on any atom is 0.303 e. The van der Waals surface area contributed by atoms with Crippen LogP contribution < -0.4 is 0 Å². The van der Waals surface area contributed by atoms with Gasteiger partial charge in [-0.3, -0.25) is 9.78 Å². The highest BCUT2D eigenvalue weighted by Gasteiger charge is 2.31. The van der Waals surface area contributed by atoms with Gasteiger partial charge in [0.25, 0.3) is 0 Å². The van der Waals surface area contributed by atoms with Crippen LogP contribution in [0.5, 0.6) is 0 Å². The van der Waals surface area contributed by atoms with Gasteiger partial charge in [0.15, 0.2) is 0 Å². The average molecular weight is 500 g/mol. The number of sulfonamides is 1. The number of aromatic nitrogens is 2. The molecule has 1 atom stereocenters. The molecule has 2 aromatic heterocycles. The number of carbonyl (C=O) groups is 1. The van der Waals surface area contributed by atoms with E-state index in [0.29, 0.717) is 24.9 Å². The van der Waals surface area contributed by atoms with E-state index < -0.39 is 21.2 Å². The van der Waals surface area contributed by atoms with E-state index in [1.807, 2.05) is 29.6 Å². The SMILES string of the molecule is C=CC(c1cccnc1)S(=O)(=O)N(CCCCCCC(=O)O)Cc1ccc(-c2nccs2)cc1. The zero-order valence-electron chi connectivity index (χ0n) is 18.9. The van der Waals surface area contributed by atoms with Crippen LogP contribution in [0.25, 0.3) is 10.6 Å². The fourth-order valence-electron chi connectivity index (χ4n) is 3.67. The van der Waals surface area contributed by atoms with E-state index in [4.69, 9.17) is 5.11 Å². The van der Waals surface area contributed by atoms with Gasteiger partial charge in [0, 0.05) is 49.0 Å². The largest absolute Gasteiger partial charge is 0.481 e. The Morgan fingerprint density at radius 2 is 1.88 bits per heavy atom. The first-order chi connectivity index (χ1) is 16.4. The number of thiazole rings is 1. The standard InChI is InChI=1S/C25H29N3O4S2/c1-2-23(22-8-7-14-26-18-22)34(31,32)28(16-6-4-3-5-9-24(29)30)19-20-10-12-21(13-11-20)25-27-15-17-33-25/h2,7-8,10-15,17-18,23H,1,3-6,9,16,19H2,(H,29,30). The second-order valence-corrected chi connectivity index (χ2v) is 10.9. The minimum Gasteiger partial charge on any atom is -0.481 e. The van der Waals surface area contributed by atoms with Crippen molar-refractivity contribution in [3.8, 4) is 10.6 Å². The number of benzene rings is 1. The van der Waals surface area contributed by atoms with Gasteiger partial charge in [-0.05, 0) is 30.0 Å². The Bertz CT molecular complexity index is 1150. The lowest BCUT2D eigenvalue weighted by Crippen LogP contribution is -2.35. The second kappa shape index (κ2) is 12.5. The molecule has 7 nitrogen and oxygen atoms in total. The van der Waals surface area contributed by atoms with Crippen molar-refractivity contribution < 1.29 is 18.3 Å². The first kappa shape index (κ1) is 25.7. The maximum atomic E-state index is 13.7. The topological polar surface area (TPSA) is 100 Å². The van der Waals surface area contributed by atoms with Crippen LogP contribution in [0.3, 0.4) is 0 Å². The van der Waals surface area contributed by atoms with Crippen molar-refractivity contribution in [1.29, 1.82) is 0 Å². The summed E-state index contributed by atoms with van der Waals surface area (Å²) in [4.78, 5) is 19.1. The van der Waals surface area contributed by atoms with Crippen molar-refractivity contribution in [2.45, 2.75) is 43.9 Å². The quantitative estimate of drug-likeness (QED) is 0.239. The summed E-state index contributed by atoms with van der Waals surface area (Å²) in [7, 11) is -3.75. The molecular formula is C25H29N3O4S2. The predicted molar refractivity (Wildman–Crippen MR) is 135 cm³/mol. The molecular weight excluding hydrogens is 470 g/mol. The summed E-state index contributed by atoms with van der Waals surface area (Å²) in [5.74, 6) is -0.810. The summed E-state index contributed by atoms with van der Waals surface area (Å²) < 4.78 is 28.8. The highest BCUT2D eigenvalue weighted by Crippen LogP contribution is 2.29. The third-order valence-corrected chi connectivity index (χ3v) is 8.41. The molecule has 0 radical (unpaired) electrons. The summed E-state index contributed by atoms with van der Waals surface area (Å²) >= 11 is 1.55. The predicted octanol–water partition coefficient (Wildman–Crippen LogP) is 5.30. The smallest absolute Gasteiger partial charge is 0.303 e. The molecule has 0 aliphatic heterocycles. The first-order valence-corrected chi connectivity index (χ1v) is 13.5. The molecule has 34 heavy (non-hydrogen) atoms. The summed E-state index contributed by atoms with van der Waals surface area (Å²) in [6.45, 7) is 4.35. The van der Waals surface area contributed by atoms with Crippen molar-refractivity contribution in [1.82, 2.24) is 14.3 Å². The Kier molecular flexibility index (Phi) is 9.50. The van der Waals surface area contributed by atoms with Crippen LogP contribution in [-0.4, -0.2) is 40.3 Å². The van der Waals surface area contributed by atoms with E-state index in [9.17, 15) is 13.2 Å². The molecule has 2 heterocycles. The van der Waals surface area contributed by atoms with Crippen LogP contribution in [0.15, 0.2) is 73.0 Å². The highest BCUT2D eigenvalue weighted by atomic mass is 32.2. The summed E-state index contributed by atoms with van der Waals surface area (Å²) in [5, 5.41) is 10.7. The number of hydrogen-bond acceptors (Lipinski definition) is 6. The Hall–Kier alpha value is -2.88.